The molecule has 21 heavy (non-hydrogen) atoms. The molecule has 1 amide bonds. The van der Waals surface area contributed by atoms with Crippen LogP contribution >= 0.6 is 0 Å². The summed E-state index contributed by atoms with van der Waals surface area (Å²) in [6, 6.07) is 1.83. The molecule has 114 valence electrons. The summed E-state index contributed by atoms with van der Waals surface area (Å²) in [4.78, 5) is 25.7. The zero-order valence-electron chi connectivity index (χ0n) is 12.5. The van der Waals surface area contributed by atoms with Gasteiger partial charge in [-0.25, -0.2) is 0 Å². The molecule has 0 spiro atoms. The number of carbonyl (C=O) groups excluding carboxylic acids is 2. The second-order valence-electron chi connectivity index (χ2n) is 5.09. The fourth-order valence-corrected chi connectivity index (χ4v) is 2.44. The number of carbonyl (C=O) groups is 2. The number of hydrogen-bond donors (Lipinski definition) is 0. The number of aryl methyl sites for hydroxylation is 1. The molecular weight excluding hydrogens is 270 g/mol. The van der Waals surface area contributed by atoms with E-state index < -0.39 is 0 Å². The van der Waals surface area contributed by atoms with Crippen molar-refractivity contribution in [3.05, 3.63) is 24.0 Å². The van der Waals surface area contributed by atoms with Crippen LogP contribution in [-0.4, -0.2) is 46.3 Å². The van der Waals surface area contributed by atoms with Crippen molar-refractivity contribution < 1.29 is 14.3 Å². The highest BCUT2D eigenvalue weighted by Crippen LogP contribution is 2.18. The first-order valence-corrected chi connectivity index (χ1v) is 7.23. The molecule has 1 saturated heterocycles. The normalized spacial score (nSPS) is 19.0. The molecule has 0 aliphatic carbocycles. The highest BCUT2D eigenvalue weighted by molar-refractivity contribution is 5.92. The van der Waals surface area contributed by atoms with E-state index in [1.165, 1.54) is 6.08 Å². The zero-order chi connectivity index (χ0) is 15.2. The van der Waals surface area contributed by atoms with Gasteiger partial charge in [0, 0.05) is 32.4 Å². The third-order valence-corrected chi connectivity index (χ3v) is 3.61. The Morgan fingerprint density at radius 2 is 2.33 bits per heavy atom. The largest absolute Gasteiger partial charge is 0.466 e. The minimum absolute atomic E-state index is 0.0785. The quantitative estimate of drug-likeness (QED) is 0.618. The van der Waals surface area contributed by atoms with Crippen LogP contribution < -0.4 is 0 Å². The molecule has 0 radical (unpaired) electrons. The molecule has 0 aromatic carbocycles. The molecule has 2 heterocycles. The Labute approximate surface area is 124 Å². The Bertz CT molecular complexity index is 536. The van der Waals surface area contributed by atoms with Crippen LogP contribution in [-0.2, 0) is 21.4 Å². The Morgan fingerprint density at radius 1 is 1.52 bits per heavy atom. The van der Waals surface area contributed by atoms with Gasteiger partial charge in [-0.3, -0.25) is 14.3 Å². The van der Waals surface area contributed by atoms with Crippen molar-refractivity contribution in [2.45, 2.75) is 19.8 Å². The van der Waals surface area contributed by atoms with E-state index in [0.717, 1.165) is 18.5 Å². The van der Waals surface area contributed by atoms with Gasteiger partial charge in [-0.1, -0.05) is 0 Å². The van der Waals surface area contributed by atoms with Gasteiger partial charge < -0.3 is 9.64 Å². The number of nitrogens with zero attached hydrogens (tertiary/aromatic N) is 3. The maximum Gasteiger partial charge on any atom is 0.310 e. The van der Waals surface area contributed by atoms with E-state index in [0.29, 0.717) is 19.7 Å². The van der Waals surface area contributed by atoms with Crippen molar-refractivity contribution in [3.63, 3.8) is 0 Å². The van der Waals surface area contributed by atoms with Crippen LogP contribution in [0.4, 0.5) is 0 Å². The van der Waals surface area contributed by atoms with Crippen LogP contribution in [0.2, 0.25) is 0 Å². The number of esters is 1. The second-order valence-corrected chi connectivity index (χ2v) is 5.09. The molecule has 0 saturated carbocycles. The van der Waals surface area contributed by atoms with Gasteiger partial charge in [0.05, 0.1) is 18.2 Å². The summed E-state index contributed by atoms with van der Waals surface area (Å²) in [5.41, 5.74) is 0.863. The van der Waals surface area contributed by atoms with Crippen LogP contribution in [0.15, 0.2) is 18.3 Å². The van der Waals surface area contributed by atoms with Gasteiger partial charge in [0.25, 0.3) is 0 Å². The van der Waals surface area contributed by atoms with E-state index in [1.54, 1.807) is 28.8 Å². The molecule has 1 aromatic rings. The fourth-order valence-electron chi connectivity index (χ4n) is 2.44. The third-order valence-electron chi connectivity index (χ3n) is 3.61. The predicted octanol–water partition coefficient (Wildman–Crippen LogP) is 1.23. The Kier molecular flexibility index (Phi) is 5.14. The third kappa shape index (κ3) is 3.93. The van der Waals surface area contributed by atoms with Crippen molar-refractivity contribution >= 4 is 18.0 Å². The Morgan fingerprint density at radius 3 is 3.00 bits per heavy atom. The number of likely N-dealkylation sites (tertiary alicyclic amines) is 1. The monoisotopic (exact) mass is 291 g/mol. The van der Waals surface area contributed by atoms with Gasteiger partial charge in [-0.2, -0.15) is 5.10 Å². The van der Waals surface area contributed by atoms with E-state index in [4.69, 9.17) is 4.74 Å². The summed E-state index contributed by atoms with van der Waals surface area (Å²) >= 11 is 0. The first-order valence-electron chi connectivity index (χ1n) is 7.23. The summed E-state index contributed by atoms with van der Waals surface area (Å²) in [5.74, 6) is -0.483. The van der Waals surface area contributed by atoms with Crippen LogP contribution in [0.25, 0.3) is 6.08 Å². The summed E-state index contributed by atoms with van der Waals surface area (Å²) < 4.78 is 6.73. The Hall–Kier alpha value is -2.11. The molecule has 0 bridgehead atoms. The smallest absolute Gasteiger partial charge is 0.310 e. The molecule has 0 N–H and O–H groups in total. The van der Waals surface area contributed by atoms with Crippen molar-refractivity contribution in [1.29, 1.82) is 0 Å². The van der Waals surface area contributed by atoms with Crippen molar-refractivity contribution in [1.82, 2.24) is 14.7 Å². The highest BCUT2D eigenvalue weighted by Gasteiger charge is 2.28. The average molecular weight is 291 g/mol. The lowest BCUT2D eigenvalue weighted by Gasteiger charge is -2.30. The number of rotatable bonds is 4. The van der Waals surface area contributed by atoms with Gasteiger partial charge in [-0.05, 0) is 31.9 Å². The molecule has 1 fully saturated rings. The van der Waals surface area contributed by atoms with Gasteiger partial charge in [0.1, 0.15) is 0 Å². The lowest BCUT2D eigenvalue weighted by Crippen LogP contribution is -2.42. The molecule has 1 atom stereocenters. The fraction of sp³-hybridized carbons (Fsp3) is 0.533. The maximum absolute atomic E-state index is 12.2. The number of piperidine rings is 1. The summed E-state index contributed by atoms with van der Waals surface area (Å²) in [6.45, 7) is 3.29. The lowest BCUT2D eigenvalue weighted by atomic mass is 9.98. The molecule has 0 unspecified atom stereocenters. The van der Waals surface area contributed by atoms with E-state index >= 15 is 0 Å². The van der Waals surface area contributed by atoms with Crippen LogP contribution in [0, 0.1) is 5.92 Å². The first kappa shape index (κ1) is 15.3. The van der Waals surface area contributed by atoms with Crippen molar-refractivity contribution in [3.8, 4) is 0 Å². The van der Waals surface area contributed by atoms with E-state index in [9.17, 15) is 9.59 Å². The first-order chi connectivity index (χ1) is 10.1. The molecule has 1 aliphatic heterocycles. The summed E-state index contributed by atoms with van der Waals surface area (Å²) in [5, 5.41) is 4.04. The standard InChI is InChI=1S/C15H21N3O3/c1-3-21-15(20)12-5-4-10-18(11-12)14(19)7-6-13-8-9-16-17(13)2/h6-9,12H,3-5,10-11H2,1-2H3/b7-6+/t12-/m1/s1. The second kappa shape index (κ2) is 7.06. The average Bonchev–Trinajstić information content (AvgIpc) is 2.90. The summed E-state index contributed by atoms with van der Waals surface area (Å²) in [6.07, 6.45) is 6.57. The molecule has 2 rings (SSSR count). The SMILES string of the molecule is CCOC(=O)[C@@H]1CCCN(C(=O)/C=C/c2ccnn2C)C1. The van der Waals surface area contributed by atoms with Crippen LogP contribution in [0.3, 0.4) is 0 Å². The van der Waals surface area contributed by atoms with Crippen molar-refractivity contribution in [2.75, 3.05) is 19.7 Å². The minimum Gasteiger partial charge on any atom is -0.466 e. The molecule has 6 heteroatoms. The molecule has 1 aliphatic rings. The highest BCUT2D eigenvalue weighted by atomic mass is 16.5. The van der Waals surface area contributed by atoms with Gasteiger partial charge in [0.2, 0.25) is 5.91 Å². The zero-order valence-corrected chi connectivity index (χ0v) is 12.5. The van der Waals surface area contributed by atoms with E-state index in [2.05, 4.69) is 5.10 Å². The maximum atomic E-state index is 12.2. The van der Waals surface area contributed by atoms with Gasteiger partial charge in [0.15, 0.2) is 0 Å². The number of ether oxygens (including phenoxy) is 1. The van der Waals surface area contributed by atoms with Crippen molar-refractivity contribution in [2.24, 2.45) is 13.0 Å². The number of aromatic nitrogens is 2. The van der Waals surface area contributed by atoms with E-state index in [-0.39, 0.29) is 17.8 Å². The number of hydrogen-bond acceptors (Lipinski definition) is 4. The predicted molar refractivity (Wildman–Crippen MR) is 78.2 cm³/mol. The number of amides is 1. The van der Waals surface area contributed by atoms with Gasteiger partial charge >= 0.3 is 5.97 Å². The van der Waals surface area contributed by atoms with Crippen LogP contribution in [0.1, 0.15) is 25.5 Å². The topological polar surface area (TPSA) is 64.4 Å². The molecular formula is C15H21N3O3. The molecule has 1 aromatic heterocycles. The Balaban J connectivity index is 1.94. The summed E-state index contributed by atoms with van der Waals surface area (Å²) in [7, 11) is 1.82. The van der Waals surface area contributed by atoms with Gasteiger partial charge in [-0.15, -0.1) is 0 Å². The van der Waals surface area contributed by atoms with Crippen LogP contribution in [0.5, 0.6) is 0 Å². The van der Waals surface area contributed by atoms with E-state index in [1.807, 2.05) is 13.1 Å². The minimum atomic E-state index is -0.203. The molecule has 6 nitrogen and oxygen atoms in total. The lowest BCUT2D eigenvalue weighted by molar-refractivity contribution is -0.150.